The molecule has 1 saturated heterocycles. The van der Waals surface area contributed by atoms with Crippen LogP contribution in [0.5, 0.6) is 0 Å². The molecule has 144 valence electrons. The minimum Gasteiger partial charge on any atom is -0.481 e. The number of hydrogen-bond acceptors (Lipinski definition) is 4. The fraction of sp³-hybridized carbons (Fsp3) is 0.304. The molecule has 0 unspecified atom stereocenters. The number of hydrogen-bond donors (Lipinski definition) is 2. The van der Waals surface area contributed by atoms with Gasteiger partial charge in [0, 0.05) is 18.5 Å². The SMILES string of the molecule is O=C(O)[C@@]1(Cc2ccccc2)CCN(Cc2ccc3ccccc3n2)C[C@H]1O. The summed E-state index contributed by atoms with van der Waals surface area (Å²) in [6, 6.07) is 21.6. The number of likely N-dealkylation sites (tertiary alicyclic amines) is 1. The highest BCUT2D eigenvalue weighted by Gasteiger charge is 2.48. The molecule has 4 rings (SSSR count). The molecule has 0 saturated carbocycles. The zero-order valence-corrected chi connectivity index (χ0v) is 15.7. The number of carboxylic acids is 1. The van der Waals surface area contributed by atoms with Gasteiger partial charge in [0.25, 0.3) is 0 Å². The third-order valence-corrected chi connectivity index (χ3v) is 5.77. The number of carbonyl (C=O) groups is 1. The van der Waals surface area contributed by atoms with Gasteiger partial charge in [0.1, 0.15) is 5.41 Å². The number of aromatic nitrogens is 1. The van der Waals surface area contributed by atoms with Crippen molar-refractivity contribution in [3.63, 3.8) is 0 Å². The number of pyridine rings is 1. The number of rotatable bonds is 5. The fourth-order valence-corrected chi connectivity index (χ4v) is 4.10. The number of aliphatic hydroxyl groups excluding tert-OH is 1. The van der Waals surface area contributed by atoms with Gasteiger partial charge in [-0.3, -0.25) is 14.7 Å². The first-order valence-electron chi connectivity index (χ1n) is 9.59. The number of fused-ring (bicyclic) bond motifs is 1. The Kier molecular flexibility index (Phi) is 5.11. The lowest BCUT2D eigenvalue weighted by atomic mass is 9.71. The Balaban J connectivity index is 1.49. The number of benzene rings is 2. The van der Waals surface area contributed by atoms with Crippen molar-refractivity contribution in [2.45, 2.75) is 25.5 Å². The van der Waals surface area contributed by atoms with E-state index in [4.69, 9.17) is 4.98 Å². The zero-order valence-electron chi connectivity index (χ0n) is 15.7. The Morgan fingerprint density at radius 2 is 1.82 bits per heavy atom. The summed E-state index contributed by atoms with van der Waals surface area (Å²) in [6.07, 6.45) is -0.183. The second kappa shape index (κ2) is 7.70. The predicted molar refractivity (Wildman–Crippen MR) is 108 cm³/mol. The summed E-state index contributed by atoms with van der Waals surface area (Å²) in [5.74, 6) is -0.924. The normalized spacial score (nSPS) is 23.0. The molecule has 0 bridgehead atoms. The summed E-state index contributed by atoms with van der Waals surface area (Å²) < 4.78 is 0. The van der Waals surface area contributed by atoms with E-state index in [-0.39, 0.29) is 0 Å². The lowest BCUT2D eigenvalue weighted by Gasteiger charge is -2.42. The first-order chi connectivity index (χ1) is 13.6. The molecule has 2 aromatic carbocycles. The Labute approximate surface area is 164 Å². The number of nitrogens with zero attached hydrogens (tertiary/aromatic N) is 2. The van der Waals surface area contributed by atoms with Gasteiger partial charge >= 0.3 is 5.97 Å². The van der Waals surface area contributed by atoms with Crippen LogP contribution in [0.1, 0.15) is 17.7 Å². The molecular formula is C23H24N2O3. The average Bonchev–Trinajstić information content (AvgIpc) is 2.71. The second-order valence-electron chi connectivity index (χ2n) is 7.62. The highest BCUT2D eigenvalue weighted by Crippen LogP contribution is 2.36. The van der Waals surface area contributed by atoms with E-state index in [1.54, 1.807) is 0 Å². The molecule has 5 heteroatoms. The van der Waals surface area contributed by atoms with Crippen molar-refractivity contribution in [1.82, 2.24) is 9.88 Å². The maximum atomic E-state index is 12.1. The molecule has 2 atom stereocenters. The van der Waals surface area contributed by atoms with E-state index in [9.17, 15) is 15.0 Å². The van der Waals surface area contributed by atoms with Crippen molar-refractivity contribution in [3.05, 3.63) is 78.0 Å². The number of piperidine rings is 1. The lowest BCUT2D eigenvalue weighted by molar-refractivity contribution is -0.163. The van der Waals surface area contributed by atoms with Gasteiger partial charge in [-0.1, -0.05) is 54.6 Å². The summed E-state index contributed by atoms with van der Waals surface area (Å²) >= 11 is 0. The minimum absolute atomic E-state index is 0.327. The van der Waals surface area contributed by atoms with Crippen LogP contribution in [0.2, 0.25) is 0 Å². The first-order valence-corrected chi connectivity index (χ1v) is 9.59. The van der Waals surface area contributed by atoms with Crippen molar-refractivity contribution in [1.29, 1.82) is 0 Å². The topological polar surface area (TPSA) is 73.7 Å². The van der Waals surface area contributed by atoms with Gasteiger partial charge in [0.15, 0.2) is 0 Å². The van der Waals surface area contributed by atoms with E-state index in [0.29, 0.717) is 32.5 Å². The molecule has 1 fully saturated rings. The summed E-state index contributed by atoms with van der Waals surface area (Å²) in [5, 5.41) is 21.8. The number of aliphatic carboxylic acids is 1. The number of para-hydroxylation sites is 1. The van der Waals surface area contributed by atoms with E-state index in [2.05, 4.69) is 11.0 Å². The number of carboxylic acid groups (broad SMARTS) is 1. The molecule has 0 amide bonds. The predicted octanol–water partition coefficient (Wildman–Crippen LogP) is 3.12. The van der Waals surface area contributed by atoms with Crippen LogP contribution in [0.4, 0.5) is 0 Å². The summed E-state index contributed by atoms with van der Waals surface area (Å²) in [5.41, 5.74) is 1.67. The Bertz CT molecular complexity index is 976. The zero-order chi connectivity index (χ0) is 19.6. The van der Waals surface area contributed by atoms with Crippen molar-refractivity contribution >= 4 is 16.9 Å². The van der Waals surface area contributed by atoms with Gasteiger partial charge in [0.2, 0.25) is 0 Å². The molecule has 2 heterocycles. The third kappa shape index (κ3) is 3.63. The molecule has 1 aliphatic heterocycles. The Morgan fingerprint density at radius 1 is 1.07 bits per heavy atom. The molecule has 5 nitrogen and oxygen atoms in total. The van der Waals surface area contributed by atoms with Crippen LogP contribution >= 0.6 is 0 Å². The molecule has 2 N–H and O–H groups in total. The standard InChI is InChI=1S/C23H24N2O3/c26-21-16-25(15-19-11-10-18-8-4-5-9-20(18)24-19)13-12-23(21,22(27)28)14-17-6-2-1-3-7-17/h1-11,21,26H,12-16H2,(H,27,28)/t21-,23-/m1/s1. The Morgan fingerprint density at radius 3 is 2.57 bits per heavy atom. The average molecular weight is 376 g/mol. The number of β-amino-alcohol motifs (C(OH)–C–C–N with tert-alkyl or cyclic N) is 1. The second-order valence-corrected chi connectivity index (χ2v) is 7.62. The van der Waals surface area contributed by atoms with Gasteiger partial charge in [-0.25, -0.2) is 0 Å². The molecule has 3 aromatic rings. The van der Waals surface area contributed by atoms with Gasteiger partial charge in [-0.15, -0.1) is 0 Å². The molecule has 0 aliphatic carbocycles. The van der Waals surface area contributed by atoms with E-state index < -0.39 is 17.5 Å². The van der Waals surface area contributed by atoms with Crippen LogP contribution in [-0.4, -0.2) is 45.3 Å². The first kappa shape index (κ1) is 18.6. The van der Waals surface area contributed by atoms with Crippen LogP contribution in [0.25, 0.3) is 10.9 Å². The lowest BCUT2D eigenvalue weighted by Crippen LogP contribution is -2.55. The highest BCUT2D eigenvalue weighted by atomic mass is 16.4. The highest BCUT2D eigenvalue weighted by molar-refractivity contribution is 5.78. The van der Waals surface area contributed by atoms with Gasteiger partial charge in [0.05, 0.1) is 17.3 Å². The Hall–Kier alpha value is -2.76. The molecule has 1 aliphatic rings. The quantitative estimate of drug-likeness (QED) is 0.716. The monoisotopic (exact) mass is 376 g/mol. The maximum absolute atomic E-state index is 12.1. The third-order valence-electron chi connectivity index (χ3n) is 5.77. The van der Waals surface area contributed by atoms with Crippen LogP contribution in [0.3, 0.4) is 0 Å². The smallest absolute Gasteiger partial charge is 0.312 e. The van der Waals surface area contributed by atoms with E-state index in [1.165, 1.54) is 0 Å². The van der Waals surface area contributed by atoms with Crippen LogP contribution in [0, 0.1) is 5.41 Å². The van der Waals surface area contributed by atoms with Crippen LogP contribution < -0.4 is 0 Å². The van der Waals surface area contributed by atoms with Crippen LogP contribution in [-0.2, 0) is 17.8 Å². The molecule has 0 radical (unpaired) electrons. The molecule has 1 aromatic heterocycles. The van der Waals surface area contributed by atoms with Crippen molar-refractivity contribution < 1.29 is 15.0 Å². The van der Waals surface area contributed by atoms with Crippen LogP contribution in [0.15, 0.2) is 66.7 Å². The van der Waals surface area contributed by atoms with E-state index in [0.717, 1.165) is 22.2 Å². The number of aliphatic hydroxyl groups is 1. The summed E-state index contributed by atoms with van der Waals surface area (Å²) in [6.45, 7) is 1.54. The largest absolute Gasteiger partial charge is 0.481 e. The van der Waals surface area contributed by atoms with E-state index >= 15 is 0 Å². The molecular weight excluding hydrogens is 352 g/mol. The minimum atomic E-state index is -1.14. The summed E-state index contributed by atoms with van der Waals surface area (Å²) in [7, 11) is 0. The van der Waals surface area contributed by atoms with Crippen molar-refractivity contribution in [3.8, 4) is 0 Å². The van der Waals surface area contributed by atoms with E-state index in [1.807, 2.05) is 60.7 Å². The molecule has 28 heavy (non-hydrogen) atoms. The van der Waals surface area contributed by atoms with Crippen molar-refractivity contribution in [2.24, 2.45) is 5.41 Å². The molecule has 0 spiro atoms. The maximum Gasteiger partial charge on any atom is 0.312 e. The van der Waals surface area contributed by atoms with Gasteiger partial charge in [-0.2, -0.15) is 0 Å². The van der Waals surface area contributed by atoms with Gasteiger partial charge < -0.3 is 10.2 Å². The van der Waals surface area contributed by atoms with Crippen molar-refractivity contribution in [2.75, 3.05) is 13.1 Å². The van der Waals surface area contributed by atoms with Gasteiger partial charge in [-0.05, 0) is 37.1 Å². The summed E-state index contributed by atoms with van der Waals surface area (Å²) in [4.78, 5) is 18.9. The fourth-order valence-electron chi connectivity index (χ4n) is 4.10.